The van der Waals surface area contributed by atoms with Gasteiger partial charge in [-0.1, -0.05) is 6.07 Å². The minimum Gasteiger partial charge on any atom is -0.369 e. The number of thiophene rings is 1. The zero-order valence-electron chi connectivity index (χ0n) is 19.2. The molecule has 1 amide bonds. The van der Waals surface area contributed by atoms with Crippen LogP contribution in [0.2, 0.25) is 0 Å². The number of primary amides is 1. The van der Waals surface area contributed by atoms with Gasteiger partial charge in [-0.2, -0.15) is 9.49 Å². The van der Waals surface area contributed by atoms with Crippen molar-refractivity contribution in [1.82, 2.24) is 25.0 Å². The number of hydrogen-bond acceptors (Lipinski definition) is 7. The maximum atomic E-state index is 13.9. The van der Waals surface area contributed by atoms with Gasteiger partial charge in [0.2, 0.25) is 5.91 Å². The Labute approximate surface area is 201 Å². The molecule has 0 bridgehead atoms. The number of hydrogen-bond donors (Lipinski definition) is 2. The van der Waals surface area contributed by atoms with Crippen molar-refractivity contribution in [2.45, 2.75) is 44.9 Å². The summed E-state index contributed by atoms with van der Waals surface area (Å²) in [5, 5.41) is 7.63. The van der Waals surface area contributed by atoms with Crippen molar-refractivity contribution in [3.63, 3.8) is 0 Å². The van der Waals surface area contributed by atoms with Crippen LogP contribution in [0.1, 0.15) is 40.1 Å². The zero-order valence-corrected chi connectivity index (χ0v) is 20.0. The molecule has 180 valence electrons. The minimum atomic E-state index is -0.398. The van der Waals surface area contributed by atoms with Crippen LogP contribution in [0.25, 0.3) is 5.82 Å². The first-order valence-corrected chi connectivity index (χ1v) is 12.4. The number of rotatable bonds is 7. The number of pyridine rings is 1. The van der Waals surface area contributed by atoms with Gasteiger partial charge in [0.05, 0.1) is 18.8 Å². The van der Waals surface area contributed by atoms with Gasteiger partial charge < -0.3 is 15.8 Å². The number of aryl methyl sites for hydroxylation is 1. The summed E-state index contributed by atoms with van der Waals surface area (Å²) in [5.74, 6) is 0.333. The minimum absolute atomic E-state index is 0.109. The number of carbonyl (C=O) groups excluding carboxylic acids is 1. The van der Waals surface area contributed by atoms with Gasteiger partial charge in [-0.05, 0) is 43.9 Å². The molecule has 2 aliphatic heterocycles. The summed E-state index contributed by atoms with van der Waals surface area (Å²) in [4.78, 5) is 19.1. The first kappa shape index (κ1) is 23.1. The third kappa shape index (κ3) is 4.63. The van der Waals surface area contributed by atoms with Crippen molar-refractivity contribution >= 4 is 17.2 Å². The lowest BCUT2D eigenvalue weighted by molar-refractivity contribution is -0.117. The van der Waals surface area contributed by atoms with E-state index in [-0.39, 0.29) is 17.3 Å². The fraction of sp³-hybridized carbons (Fsp3) is 0.458. The number of likely N-dealkylation sites (tertiary alicyclic amines) is 1. The van der Waals surface area contributed by atoms with Gasteiger partial charge in [-0.25, -0.2) is 9.67 Å². The Balaban J connectivity index is 1.27. The molecule has 10 heteroatoms. The second kappa shape index (κ2) is 9.53. The molecule has 0 radical (unpaired) electrons. The van der Waals surface area contributed by atoms with Gasteiger partial charge in [0.25, 0.3) is 0 Å². The van der Waals surface area contributed by atoms with Gasteiger partial charge in [0, 0.05) is 54.6 Å². The summed E-state index contributed by atoms with van der Waals surface area (Å²) >= 11 is 1.25. The number of carbonyl (C=O) groups is 1. The van der Waals surface area contributed by atoms with Crippen LogP contribution in [0.4, 0.5) is 4.39 Å². The molecule has 1 saturated heterocycles. The average molecular weight is 485 g/mol. The molecule has 5 heterocycles. The van der Waals surface area contributed by atoms with Gasteiger partial charge in [-0.15, -0.1) is 11.3 Å². The maximum absolute atomic E-state index is 13.9. The van der Waals surface area contributed by atoms with Gasteiger partial charge in [0.1, 0.15) is 5.60 Å². The predicted octanol–water partition coefficient (Wildman–Crippen LogP) is 2.42. The van der Waals surface area contributed by atoms with E-state index in [4.69, 9.17) is 15.6 Å². The van der Waals surface area contributed by atoms with Gasteiger partial charge in [0.15, 0.2) is 10.9 Å². The lowest BCUT2D eigenvalue weighted by Crippen LogP contribution is -2.45. The third-order valence-corrected chi connectivity index (χ3v) is 7.85. The number of piperidine rings is 1. The van der Waals surface area contributed by atoms with Crippen molar-refractivity contribution in [1.29, 1.82) is 0 Å². The summed E-state index contributed by atoms with van der Waals surface area (Å²) in [7, 11) is 0. The van der Waals surface area contributed by atoms with Crippen molar-refractivity contribution in [2.24, 2.45) is 5.73 Å². The van der Waals surface area contributed by atoms with Crippen LogP contribution in [0, 0.1) is 12.1 Å². The van der Waals surface area contributed by atoms with Crippen molar-refractivity contribution < 1.29 is 13.9 Å². The SMILES string of the molecule is Cc1nn(-c2ncccc2CNCC(N)=O)cc1CN1CCC2(CC1)OCCc1cc(F)sc12. The van der Waals surface area contributed by atoms with E-state index >= 15 is 0 Å². The Bertz CT molecular complexity index is 1180. The highest BCUT2D eigenvalue weighted by molar-refractivity contribution is 7.10. The predicted molar refractivity (Wildman–Crippen MR) is 127 cm³/mol. The quantitative estimate of drug-likeness (QED) is 0.535. The smallest absolute Gasteiger partial charge is 0.231 e. The molecule has 3 aromatic heterocycles. The molecule has 1 fully saturated rings. The van der Waals surface area contributed by atoms with Crippen LogP contribution in [0.15, 0.2) is 30.6 Å². The fourth-order valence-electron chi connectivity index (χ4n) is 4.93. The molecule has 1 spiro atoms. The number of amides is 1. The Hall–Kier alpha value is -2.66. The van der Waals surface area contributed by atoms with E-state index in [1.807, 2.05) is 29.9 Å². The van der Waals surface area contributed by atoms with Crippen LogP contribution < -0.4 is 11.1 Å². The fourth-order valence-corrected chi connectivity index (χ4v) is 6.06. The Morgan fingerprint density at radius 2 is 2.18 bits per heavy atom. The molecule has 2 aliphatic rings. The number of nitrogens with two attached hydrogens (primary N) is 1. The van der Waals surface area contributed by atoms with Gasteiger partial charge >= 0.3 is 0 Å². The summed E-state index contributed by atoms with van der Waals surface area (Å²) in [6.07, 6.45) is 6.29. The van der Waals surface area contributed by atoms with Crippen molar-refractivity contribution in [2.75, 3.05) is 26.2 Å². The van der Waals surface area contributed by atoms with Crippen LogP contribution in [0.3, 0.4) is 0 Å². The lowest BCUT2D eigenvalue weighted by Gasteiger charge is -2.43. The summed E-state index contributed by atoms with van der Waals surface area (Å²) < 4.78 is 22.0. The van der Waals surface area contributed by atoms with E-state index in [2.05, 4.69) is 15.2 Å². The first-order chi connectivity index (χ1) is 16.4. The molecule has 0 saturated carbocycles. The van der Waals surface area contributed by atoms with Crippen molar-refractivity contribution in [3.8, 4) is 5.82 Å². The molecule has 0 aromatic carbocycles. The molecule has 3 N–H and O–H groups in total. The number of fused-ring (bicyclic) bond motifs is 2. The topological polar surface area (TPSA) is 98.3 Å². The highest BCUT2D eigenvalue weighted by atomic mass is 32.1. The largest absolute Gasteiger partial charge is 0.369 e. The summed E-state index contributed by atoms with van der Waals surface area (Å²) in [5.41, 5.74) is 9.05. The van der Waals surface area contributed by atoms with Crippen LogP contribution in [-0.4, -0.2) is 51.8 Å². The number of aromatic nitrogens is 3. The second-order valence-corrected chi connectivity index (χ2v) is 10.0. The van der Waals surface area contributed by atoms with E-state index in [1.54, 1.807) is 12.3 Å². The normalized spacial score (nSPS) is 17.7. The maximum Gasteiger partial charge on any atom is 0.231 e. The van der Waals surface area contributed by atoms with E-state index < -0.39 is 5.91 Å². The number of nitrogens with zero attached hydrogens (tertiary/aromatic N) is 4. The van der Waals surface area contributed by atoms with E-state index in [0.29, 0.717) is 13.2 Å². The molecule has 5 rings (SSSR count). The molecule has 8 nitrogen and oxygen atoms in total. The first-order valence-electron chi connectivity index (χ1n) is 11.6. The molecule has 0 atom stereocenters. The van der Waals surface area contributed by atoms with E-state index in [9.17, 15) is 9.18 Å². The van der Waals surface area contributed by atoms with Crippen LogP contribution in [0.5, 0.6) is 0 Å². The Morgan fingerprint density at radius 3 is 2.97 bits per heavy atom. The van der Waals surface area contributed by atoms with Crippen LogP contribution >= 0.6 is 11.3 Å². The monoisotopic (exact) mass is 484 g/mol. The van der Waals surface area contributed by atoms with Crippen LogP contribution in [-0.2, 0) is 34.6 Å². The highest BCUT2D eigenvalue weighted by Crippen LogP contribution is 2.45. The standard InChI is InChI=1S/C24H29FN6O2S/c1-16-19(15-31(29-16)23-18(3-2-7-28-23)12-27-13-21(26)32)14-30-8-5-24(6-9-30)22-17(4-10-33-24)11-20(25)34-22/h2-3,7,11,15,27H,4-6,8-10,12-14H2,1H3,(H2,26,32). The highest BCUT2D eigenvalue weighted by Gasteiger charge is 2.42. The van der Waals surface area contributed by atoms with E-state index in [0.717, 1.165) is 72.0 Å². The molecule has 0 unspecified atom stereocenters. The number of ether oxygens (including phenoxy) is 1. The Morgan fingerprint density at radius 1 is 1.35 bits per heavy atom. The number of halogens is 1. The van der Waals surface area contributed by atoms with Crippen molar-refractivity contribution in [3.05, 3.63) is 63.0 Å². The second-order valence-electron chi connectivity index (χ2n) is 9.01. The summed E-state index contributed by atoms with van der Waals surface area (Å²) in [6, 6.07) is 5.51. The molecule has 0 aliphatic carbocycles. The number of nitrogens with one attached hydrogen (secondary N) is 1. The molecule has 3 aromatic rings. The van der Waals surface area contributed by atoms with Gasteiger partial charge in [-0.3, -0.25) is 9.69 Å². The third-order valence-electron chi connectivity index (χ3n) is 6.70. The zero-order chi connectivity index (χ0) is 23.7. The molecular formula is C24H29FN6O2S. The molecular weight excluding hydrogens is 455 g/mol. The lowest BCUT2D eigenvalue weighted by atomic mass is 9.85. The van der Waals surface area contributed by atoms with E-state index in [1.165, 1.54) is 11.3 Å². The molecule has 34 heavy (non-hydrogen) atoms. The Kier molecular flexibility index (Phi) is 6.48. The summed E-state index contributed by atoms with van der Waals surface area (Å²) in [6.45, 7) is 5.81. The average Bonchev–Trinajstić information content (AvgIpc) is 3.38.